The van der Waals surface area contributed by atoms with Gasteiger partial charge >= 0.3 is 0 Å². The predicted molar refractivity (Wildman–Crippen MR) is 113 cm³/mol. The Balaban J connectivity index is 3.12. The van der Waals surface area contributed by atoms with Crippen LogP contribution in [0.5, 0.6) is 0 Å². The first-order valence-electron chi connectivity index (χ1n) is 11.8. The van der Waals surface area contributed by atoms with Crippen LogP contribution < -0.4 is 0 Å². The Hall–Kier alpha value is -0.330. The summed E-state index contributed by atoms with van der Waals surface area (Å²) in [5, 5.41) is 0. The van der Waals surface area contributed by atoms with Crippen LogP contribution >= 0.6 is 0 Å². The van der Waals surface area contributed by atoms with Gasteiger partial charge in [-0.2, -0.15) is 0 Å². The van der Waals surface area contributed by atoms with Crippen LogP contribution in [0, 0.1) is 0 Å². The van der Waals surface area contributed by atoms with E-state index in [-0.39, 0.29) is 0 Å². The highest BCUT2D eigenvalue weighted by atomic mass is 16.1. The van der Waals surface area contributed by atoms with Gasteiger partial charge in [-0.3, -0.25) is 4.79 Å². The van der Waals surface area contributed by atoms with E-state index in [0.29, 0.717) is 5.78 Å². The monoisotopic (exact) mass is 352 g/mol. The number of carbonyl (C=O) groups is 1. The maximum absolute atomic E-state index is 11.9. The van der Waals surface area contributed by atoms with E-state index < -0.39 is 0 Å². The highest BCUT2D eigenvalue weighted by molar-refractivity contribution is 5.78. The Morgan fingerprint density at radius 3 is 0.920 bits per heavy atom. The van der Waals surface area contributed by atoms with Crippen LogP contribution in [-0.2, 0) is 4.79 Å². The molecule has 0 unspecified atom stereocenters. The first-order chi connectivity index (χ1) is 12.3. The Morgan fingerprint density at radius 1 is 0.400 bits per heavy atom. The van der Waals surface area contributed by atoms with Crippen molar-refractivity contribution in [1.29, 1.82) is 0 Å². The normalized spacial score (nSPS) is 11.1. The molecule has 0 fully saturated rings. The van der Waals surface area contributed by atoms with E-state index in [2.05, 4.69) is 13.8 Å². The van der Waals surface area contributed by atoms with Gasteiger partial charge in [0, 0.05) is 12.8 Å². The summed E-state index contributed by atoms with van der Waals surface area (Å²) >= 11 is 0. The molecular weight excluding hydrogens is 304 g/mol. The van der Waals surface area contributed by atoms with Gasteiger partial charge in [0.2, 0.25) is 0 Å². The Morgan fingerprint density at radius 2 is 0.640 bits per heavy atom. The zero-order valence-corrected chi connectivity index (χ0v) is 17.8. The summed E-state index contributed by atoms with van der Waals surface area (Å²) in [5.41, 5.74) is 0. The second kappa shape index (κ2) is 21.7. The molecule has 1 heteroatoms. The van der Waals surface area contributed by atoms with E-state index in [1.165, 1.54) is 109 Å². The lowest BCUT2D eigenvalue weighted by atomic mass is 10.0. The van der Waals surface area contributed by atoms with Crippen LogP contribution in [0.2, 0.25) is 0 Å². The minimum atomic E-state index is 0.514. The number of ketones is 1. The number of Topliss-reactive ketones (excluding diaryl/α,β-unsaturated/α-hetero) is 1. The van der Waals surface area contributed by atoms with Crippen molar-refractivity contribution in [3.05, 3.63) is 0 Å². The van der Waals surface area contributed by atoms with Crippen LogP contribution in [0.1, 0.15) is 149 Å². The van der Waals surface area contributed by atoms with Crippen LogP contribution in [0.4, 0.5) is 0 Å². The first-order valence-corrected chi connectivity index (χ1v) is 11.8. The van der Waals surface area contributed by atoms with Gasteiger partial charge in [0.25, 0.3) is 0 Å². The molecule has 0 aromatic heterocycles. The summed E-state index contributed by atoms with van der Waals surface area (Å²) in [6, 6.07) is 0. The SMILES string of the molecule is CCCCCCCCCCCCCCC(=O)CCCCCCCCC. The van der Waals surface area contributed by atoms with Crippen molar-refractivity contribution in [1.82, 2.24) is 0 Å². The van der Waals surface area contributed by atoms with Crippen molar-refractivity contribution in [3.8, 4) is 0 Å². The van der Waals surface area contributed by atoms with E-state index in [9.17, 15) is 4.79 Å². The number of rotatable bonds is 21. The van der Waals surface area contributed by atoms with Crippen molar-refractivity contribution < 1.29 is 4.79 Å². The molecule has 0 saturated carbocycles. The minimum absolute atomic E-state index is 0.514. The predicted octanol–water partition coefficient (Wildman–Crippen LogP) is 8.79. The third-order valence-electron chi connectivity index (χ3n) is 5.37. The summed E-state index contributed by atoms with van der Waals surface area (Å²) in [6.45, 7) is 4.54. The van der Waals surface area contributed by atoms with Gasteiger partial charge in [0.1, 0.15) is 5.78 Å². The van der Waals surface area contributed by atoms with Crippen molar-refractivity contribution in [3.63, 3.8) is 0 Å². The van der Waals surface area contributed by atoms with Gasteiger partial charge in [0.15, 0.2) is 0 Å². The zero-order valence-electron chi connectivity index (χ0n) is 17.8. The third kappa shape index (κ3) is 21.6. The van der Waals surface area contributed by atoms with Crippen molar-refractivity contribution >= 4 is 5.78 Å². The standard InChI is InChI=1S/C24H48O/c1-3-5-7-9-11-12-13-14-15-17-19-21-23-24(25)22-20-18-16-10-8-6-4-2/h3-23H2,1-2H3. The van der Waals surface area contributed by atoms with Crippen molar-refractivity contribution in [2.24, 2.45) is 0 Å². The van der Waals surface area contributed by atoms with Gasteiger partial charge in [0.05, 0.1) is 0 Å². The molecule has 1 nitrogen and oxygen atoms in total. The summed E-state index contributed by atoms with van der Waals surface area (Å²) in [4.78, 5) is 11.9. The average molecular weight is 353 g/mol. The average Bonchev–Trinajstić information content (AvgIpc) is 2.62. The van der Waals surface area contributed by atoms with Gasteiger partial charge in [-0.05, 0) is 12.8 Å². The molecule has 0 rings (SSSR count). The van der Waals surface area contributed by atoms with Gasteiger partial charge < -0.3 is 0 Å². The zero-order chi connectivity index (χ0) is 18.4. The number of hydrogen-bond donors (Lipinski definition) is 0. The van der Waals surface area contributed by atoms with Crippen LogP contribution in [0.25, 0.3) is 0 Å². The molecule has 0 aromatic rings. The summed E-state index contributed by atoms with van der Waals surface area (Å²) < 4.78 is 0. The Kier molecular flexibility index (Phi) is 21.4. The lowest BCUT2D eigenvalue weighted by Crippen LogP contribution is -1.97. The maximum Gasteiger partial charge on any atom is 0.132 e. The number of hydrogen-bond acceptors (Lipinski definition) is 1. The van der Waals surface area contributed by atoms with Crippen molar-refractivity contribution in [2.45, 2.75) is 149 Å². The molecule has 0 spiro atoms. The highest BCUT2D eigenvalue weighted by Crippen LogP contribution is 2.14. The first kappa shape index (κ1) is 24.7. The van der Waals surface area contributed by atoms with E-state index in [1.54, 1.807) is 0 Å². The van der Waals surface area contributed by atoms with Gasteiger partial charge in [-0.25, -0.2) is 0 Å². The smallest absolute Gasteiger partial charge is 0.132 e. The number of unbranched alkanes of at least 4 members (excludes halogenated alkanes) is 17. The molecule has 0 radical (unpaired) electrons. The lowest BCUT2D eigenvalue weighted by Gasteiger charge is -2.03. The maximum atomic E-state index is 11.9. The third-order valence-corrected chi connectivity index (χ3v) is 5.37. The van der Waals surface area contributed by atoms with Crippen LogP contribution in [0.15, 0.2) is 0 Å². The minimum Gasteiger partial charge on any atom is -0.300 e. The Labute approximate surface area is 159 Å². The molecule has 0 amide bonds. The van der Waals surface area contributed by atoms with Crippen LogP contribution in [0.3, 0.4) is 0 Å². The molecule has 0 heterocycles. The molecule has 25 heavy (non-hydrogen) atoms. The van der Waals surface area contributed by atoms with E-state index in [4.69, 9.17) is 0 Å². The lowest BCUT2D eigenvalue weighted by molar-refractivity contribution is -0.119. The van der Waals surface area contributed by atoms with Gasteiger partial charge in [-0.15, -0.1) is 0 Å². The topological polar surface area (TPSA) is 17.1 Å². The quantitative estimate of drug-likeness (QED) is 0.189. The molecule has 0 aliphatic rings. The molecule has 0 aromatic carbocycles. The van der Waals surface area contributed by atoms with E-state index in [1.807, 2.05) is 0 Å². The second-order valence-electron chi connectivity index (χ2n) is 8.05. The second-order valence-corrected chi connectivity index (χ2v) is 8.05. The molecule has 0 bridgehead atoms. The fourth-order valence-corrected chi connectivity index (χ4v) is 3.57. The highest BCUT2D eigenvalue weighted by Gasteiger charge is 2.02. The largest absolute Gasteiger partial charge is 0.300 e. The molecule has 0 aliphatic heterocycles. The summed E-state index contributed by atoms with van der Waals surface area (Å²) in [5.74, 6) is 0.514. The van der Waals surface area contributed by atoms with Crippen LogP contribution in [-0.4, -0.2) is 5.78 Å². The van der Waals surface area contributed by atoms with Crippen molar-refractivity contribution in [2.75, 3.05) is 0 Å². The fourth-order valence-electron chi connectivity index (χ4n) is 3.57. The number of carbonyl (C=O) groups excluding carboxylic acids is 1. The molecule has 0 aliphatic carbocycles. The van der Waals surface area contributed by atoms with Gasteiger partial charge in [-0.1, -0.05) is 123 Å². The van der Waals surface area contributed by atoms with E-state index >= 15 is 0 Å². The summed E-state index contributed by atoms with van der Waals surface area (Å²) in [6.07, 6.45) is 27.3. The molecule has 0 saturated heterocycles. The fraction of sp³-hybridized carbons (Fsp3) is 0.958. The molecular formula is C24H48O. The molecule has 0 atom stereocenters. The molecule has 150 valence electrons. The summed E-state index contributed by atoms with van der Waals surface area (Å²) in [7, 11) is 0. The molecule has 0 N–H and O–H groups in total. The van der Waals surface area contributed by atoms with E-state index in [0.717, 1.165) is 25.7 Å². The Bertz CT molecular complexity index is 259.